The average Bonchev–Trinajstić information content (AvgIpc) is 3.43. The molecule has 0 N–H and O–H groups in total. The second-order valence-electron chi connectivity index (χ2n) is 12.0. The van der Waals surface area contributed by atoms with Crippen LogP contribution in [-0.2, 0) is 0 Å². The Morgan fingerprint density at radius 1 is 0.319 bits per heavy atom. The highest BCUT2D eigenvalue weighted by Crippen LogP contribution is 2.49. The van der Waals surface area contributed by atoms with Gasteiger partial charge in [0.1, 0.15) is 0 Å². The fourth-order valence-electron chi connectivity index (χ4n) is 7.30. The lowest BCUT2D eigenvalue weighted by atomic mass is 9.93. The summed E-state index contributed by atoms with van der Waals surface area (Å²) in [6, 6.07) is 55.6. The minimum atomic E-state index is 0.649. The van der Waals surface area contributed by atoms with E-state index >= 15 is 0 Å². The Morgan fingerprint density at radius 2 is 0.809 bits per heavy atom. The van der Waals surface area contributed by atoms with Gasteiger partial charge < -0.3 is 4.57 Å². The molecule has 4 heteroatoms. The van der Waals surface area contributed by atoms with E-state index in [4.69, 9.17) is 15.0 Å². The van der Waals surface area contributed by atoms with Gasteiger partial charge in [0.2, 0.25) is 0 Å². The Hall–Kier alpha value is -6.39. The number of aromatic nitrogens is 4. The van der Waals surface area contributed by atoms with Crippen molar-refractivity contribution in [3.8, 4) is 62.1 Å². The van der Waals surface area contributed by atoms with Crippen molar-refractivity contribution >= 4 is 32.6 Å². The van der Waals surface area contributed by atoms with Crippen molar-refractivity contribution in [2.45, 2.75) is 0 Å². The number of hydrogen-bond donors (Lipinski definition) is 0. The molecule has 47 heavy (non-hydrogen) atoms. The zero-order chi connectivity index (χ0) is 30.9. The molecule has 0 saturated heterocycles. The van der Waals surface area contributed by atoms with E-state index in [9.17, 15) is 0 Å². The molecule has 2 aromatic heterocycles. The van der Waals surface area contributed by atoms with E-state index in [0.29, 0.717) is 17.5 Å². The highest BCUT2D eigenvalue weighted by molar-refractivity contribution is 6.30. The summed E-state index contributed by atoms with van der Waals surface area (Å²) in [5, 5.41) is 5.18. The Morgan fingerprint density at radius 3 is 1.43 bits per heavy atom. The molecule has 218 valence electrons. The maximum absolute atomic E-state index is 4.95. The van der Waals surface area contributed by atoms with Gasteiger partial charge in [0.15, 0.2) is 17.5 Å². The van der Waals surface area contributed by atoms with E-state index in [1.807, 2.05) is 60.7 Å². The minimum Gasteiger partial charge on any atom is -0.309 e. The molecule has 0 bridgehead atoms. The van der Waals surface area contributed by atoms with Gasteiger partial charge in [0.05, 0.1) is 11.0 Å². The lowest BCUT2D eigenvalue weighted by Gasteiger charge is -2.14. The molecule has 0 spiro atoms. The Balaban J connectivity index is 1.18. The molecule has 0 unspecified atom stereocenters. The molecule has 0 saturated carbocycles. The molecule has 7 aromatic carbocycles. The topological polar surface area (TPSA) is 43.6 Å². The summed E-state index contributed by atoms with van der Waals surface area (Å²) in [6.07, 6.45) is 0. The van der Waals surface area contributed by atoms with Crippen LogP contribution in [0.15, 0.2) is 158 Å². The van der Waals surface area contributed by atoms with E-state index in [1.54, 1.807) is 0 Å². The molecule has 0 fully saturated rings. The molecule has 10 rings (SSSR count). The first-order valence-electron chi connectivity index (χ1n) is 15.9. The van der Waals surface area contributed by atoms with Crippen LogP contribution in [0.1, 0.15) is 0 Å². The predicted molar refractivity (Wildman–Crippen MR) is 192 cm³/mol. The molecule has 0 aliphatic heterocycles. The first-order chi connectivity index (χ1) is 23.3. The zero-order valence-electron chi connectivity index (χ0n) is 25.3. The normalized spacial score (nSPS) is 11.8. The van der Waals surface area contributed by atoms with Gasteiger partial charge in [-0.15, -0.1) is 0 Å². The van der Waals surface area contributed by atoms with Crippen LogP contribution in [0.5, 0.6) is 0 Å². The van der Waals surface area contributed by atoms with E-state index in [0.717, 1.165) is 22.4 Å². The SMILES string of the molecule is c1ccc(-c2nc(-c3ccccc3)nc(-c3ccc(-n4c5cccc6c5c5c7c(cccc7ccc54)-c4ccccc4-6)cc3)n2)cc1. The molecule has 2 heterocycles. The summed E-state index contributed by atoms with van der Waals surface area (Å²) in [7, 11) is 0. The van der Waals surface area contributed by atoms with Crippen molar-refractivity contribution in [2.24, 2.45) is 0 Å². The van der Waals surface area contributed by atoms with Crippen LogP contribution in [0.3, 0.4) is 0 Å². The third-order valence-electron chi connectivity index (χ3n) is 9.39. The summed E-state index contributed by atoms with van der Waals surface area (Å²) in [5.41, 5.74) is 11.5. The van der Waals surface area contributed by atoms with E-state index in [-0.39, 0.29) is 0 Å². The van der Waals surface area contributed by atoms with Crippen molar-refractivity contribution in [1.29, 1.82) is 0 Å². The van der Waals surface area contributed by atoms with E-state index in [1.165, 1.54) is 54.8 Å². The summed E-state index contributed by atoms with van der Waals surface area (Å²) < 4.78 is 2.40. The van der Waals surface area contributed by atoms with Crippen molar-refractivity contribution < 1.29 is 0 Å². The van der Waals surface area contributed by atoms with Crippen LogP contribution in [0, 0.1) is 0 Å². The minimum absolute atomic E-state index is 0.649. The second-order valence-corrected chi connectivity index (χ2v) is 12.0. The van der Waals surface area contributed by atoms with Gasteiger partial charge in [-0.1, -0.05) is 121 Å². The molecule has 9 aromatic rings. The molecule has 4 nitrogen and oxygen atoms in total. The summed E-state index contributed by atoms with van der Waals surface area (Å²) in [5.74, 6) is 1.96. The Bertz CT molecular complexity index is 2600. The van der Waals surface area contributed by atoms with Gasteiger partial charge in [-0.25, -0.2) is 15.0 Å². The van der Waals surface area contributed by atoms with Gasteiger partial charge in [0, 0.05) is 33.2 Å². The van der Waals surface area contributed by atoms with E-state index < -0.39 is 0 Å². The molecule has 0 amide bonds. The van der Waals surface area contributed by atoms with Crippen molar-refractivity contribution in [3.63, 3.8) is 0 Å². The Labute approximate surface area is 271 Å². The lowest BCUT2D eigenvalue weighted by Crippen LogP contribution is -2.00. The first-order valence-corrected chi connectivity index (χ1v) is 15.9. The monoisotopic (exact) mass is 598 g/mol. The molecule has 1 aliphatic rings. The highest BCUT2D eigenvalue weighted by atomic mass is 15.0. The van der Waals surface area contributed by atoms with Gasteiger partial charge in [0.25, 0.3) is 0 Å². The maximum atomic E-state index is 4.95. The number of hydrogen-bond acceptors (Lipinski definition) is 3. The molecule has 0 atom stereocenters. The number of nitrogens with zero attached hydrogens (tertiary/aromatic N) is 4. The quantitative estimate of drug-likeness (QED) is 0.202. The van der Waals surface area contributed by atoms with Crippen LogP contribution in [0.25, 0.3) is 94.7 Å². The average molecular weight is 599 g/mol. The number of rotatable bonds is 4. The van der Waals surface area contributed by atoms with Gasteiger partial charge in [-0.2, -0.15) is 0 Å². The fraction of sp³-hybridized carbons (Fsp3) is 0. The van der Waals surface area contributed by atoms with Crippen molar-refractivity contribution in [2.75, 3.05) is 0 Å². The summed E-state index contributed by atoms with van der Waals surface area (Å²) >= 11 is 0. The van der Waals surface area contributed by atoms with Gasteiger partial charge in [-0.05, 0) is 69.4 Å². The smallest absolute Gasteiger partial charge is 0.164 e. The molecular weight excluding hydrogens is 573 g/mol. The number of fused-ring (bicyclic) bond motifs is 3. The highest BCUT2D eigenvalue weighted by Gasteiger charge is 2.24. The Kier molecular flexibility index (Phi) is 5.54. The van der Waals surface area contributed by atoms with Crippen molar-refractivity contribution in [1.82, 2.24) is 19.5 Å². The maximum Gasteiger partial charge on any atom is 0.164 e. The van der Waals surface area contributed by atoms with Crippen LogP contribution in [0.4, 0.5) is 0 Å². The van der Waals surface area contributed by atoms with Crippen LogP contribution in [0.2, 0.25) is 0 Å². The van der Waals surface area contributed by atoms with Crippen LogP contribution < -0.4 is 0 Å². The molecule has 0 radical (unpaired) electrons. The number of benzene rings is 7. The first kappa shape index (κ1) is 25.9. The zero-order valence-corrected chi connectivity index (χ0v) is 25.3. The van der Waals surface area contributed by atoms with Gasteiger partial charge >= 0.3 is 0 Å². The van der Waals surface area contributed by atoms with Gasteiger partial charge in [-0.3, -0.25) is 0 Å². The second kappa shape index (κ2) is 10.1. The third kappa shape index (κ3) is 3.92. The fourth-order valence-corrected chi connectivity index (χ4v) is 7.30. The van der Waals surface area contributed by atoms with E-state index in [2.05, 4.69) is 102 Å². The lowest BCUT2D eigenvalue weighted by molar-refractivity contribution is 1.07. The third-order valence-corrected chi connectivity index (χ3v) is 9.39. The van der Waals surface area contributed by atoms with Crippen LogP contribution in [-0.4, -0.2) is 19.5 Å². The largest absolute Gasteiger partial charge is 0.309 e. The predicted octanol–water partition coefficient (Wildman–Crippen LogP) is 10.8. The summed E-state index contributed by atoms with van der Waals surface area (Å²) in [6.45, 7) is 0. The standard InChI is InChI=1S/C43H26N4/c1-3-11-28(12-4-1)41-44-42(29-13-5-2-6-14-29)46-43(45-41)30-21-24-31(25-22-30)47-36-20-10-19-35-33-17-8-7-16-32(33)34-18-9-15-27-23-26-37(47)40(38(27)34)39(35)36/h1-26H. The molecule has 1 aliphatic carbocycles. The molecular formula is C43H26N4. The van der Waals surface area contributed by atoms with Crippen LogP contribution >= 0.6 is 0 Å². The van der Waals surface area contributed by atoms with Crippen molar-refractivity contribution in [3.05, 3.63) is 158 Å². The summed E-state index contributed by atoms with van der Waals surface area (Å²) in [4.78, 5) is 14.8.